The summed E-state index contributed by atoms with van der Waals surface area (Å²) in [5.74, 6) is 1.39. The second kappa shape index (κ2) is 8.47. The van der Waals surface area contributed by atoms with Gasteiger partial charge in [0.05, 0.1) is 19.1 Å². The molecular formula is C19H22FN5O2S. The number of aryl methyl sites for hydroxylation is 1. The number of rotatable bonds is 7. The number of methoxy groups -OCH3 is 2. The zero-order valence-corrected chi connectivity index (χ0v) is 17.0. The minimum atomic E-state index is -0.871. The Balaban J connectivity index is 2.09. The van der Waals surface area contributed by atoms with Crippen LogP contribution in [0, 0.1) is 6.08 Å². The summed E-state index contributed by atoms with van der Waals surface area (Å²) in [6.45, 7) is 4.64. The summed E-state index contributed by atoms with van der Waals surface area (Å²) in [7, 11) is 3.20. The maximum atomic E-state index is 13.8. The molecule has 2 aromatic heterocycles. The van der Waals surface area contributed by atoms with Gasteiger partial charge >= 0.3 is 6.08 Å². The number of imidazole rings is 1. The van der Waals surface area contributed by atoms with Gasteiger partial charge in [0.2, 0.25) is 0 Å². The number of benzene rings is 1. The summed E-state index contributed by atoms with van der Waals surface area (Å²) in [5, 5.41) is 0.621. The van der Waals surface area contributed by atoms with Crippen molar-refractivity contribution in [3.05, 3.63) is 35.9 Å². The van der Waals surface area contributed by atoms with E-state index in [1.165, 1.54) is 17.3 Å². The van der Waals surface area contributed by atoms with Gasteiger partial charge < -0.3 is 19.8 Å². The van der Waals surface area contributed by atoms with Gasteiger partial charge in [-0.25, -0.2) is 4.98 Å². The number of aromatic nitrogens is 4. The summed E-state index contributed by atoms with van der Waals surface area (Å²) in [6.07, 6.45) is 1.99. The summed E-state index contributed by atoms with van der Waals surface area (Å²) < 4.78 is 26.4. The molecule has 28 heavy (non-hydrogen) atoms. The first-order valence-corrected chi connectivity index (χ1v) is 9.47. The van der Waals surface area contributed by atoms with E-state index < -0.39 is 6.08 Å². The molecule has 0 aliphatic rings. The van der Waals surface area contributed by atoms with Crippen molar-refractivity contribution in [3.63, 3.8) is 0 Å². The van der Waals surface area contributed by atoms with Gasteiger partial charge in [0.25, 0.3) is 0 Å². The van der Waals surface area contributed by atoms with E-state index in [1.54, 1.807) is 14.2 Å². The molecule has 3 rings (SSSR count). The Bertz CT molecular complexity index is 1030. The average molecular weight is 403 g/mol. The highest BCUT2D eigenvalue weighted by molar-refractivity contribution is 7.99. The van der Waals surface area contributed by atoms with Crippen LogP contribution in [0.4, 0.5) is 10.2 Å². The molecule has 0 radical (unpaired) electrons. The lowest BCUT2D eigenvalue weighted by Gasteiger charge is -2.11. The Morgan fingerprint density at radius 3 is 2.68 bits per heavy atom. The number of nitrogens with zero attached hydrogens (tertiary/aromatic N) is 4. The standard InChI is InChI=1S/C19H22FN5O2S/c1-11(2)6-5-9-25-17-15(16(21)23-18(20)24-17)22-19(25)28-14-10-12(26-3)7-8-13(14)27-4/h6-8,10H,5,9H2,1-4H3,(H2,21,23,24). The van der Waals surface area contributed by atoms with Crippen molar-refractivity contribution in [1.82, 2.24) is 19.5 Å². The van der Waals surface area contributed by atoms with E-state index in [0.717, 1.165) is 11.3 Å². The lowest BCUT2D eigenvalue weighted by molar-refractivity contribution is 0.394. The average Bonchev–Trinajstić information content (AvgIpc) is 2.99. The van der Waals surface area contributed by atoms with Gasteiger partial charge in [-0.15, -0.1) is 0 Å². The van der Waals surface area contributed by atoms with E-state index >= 15 is 0 Å². The third-order valence-corrected chi connectivity index (χ3v) is 5.07. The number of nitrogens with two attached hydrogens (primary N) is 1. The number of halogens is 1. The predicted molar refractivity (Wildman–Crippen MR) is 107 cm³/mol. The van der Waals surface area contributed by atoms with Crippen molar-refractivity contribution >= 4 is 28.7 Å². The molecule has 1 aromatic carbocycles. The molecule has 0 unspecified atom stereocenters. The van der Waals surface area contributed by atoms with E-state index in [1.807, 2.05) is 36.6 Å². The Morgan fingerprint density at radius 1 is 1.21 bits per heavy atom. The van der Waals surface area contributed by atoms with Crippen LogP contribution in [0.5, 0.6) is 11.5 Å². The van der Waals surface area contributed by atoms with Gasteiger partial charge in [-0.2, -0.15) is 14.4 Å². The van der Waals surface area contributed by atoms with Crippen molar-refractivity contribution in [3.8, 4) is 11.5 Å². The number of hydrogen-bond donors (Lipinski definition) is 1. The molecule has 0 amide bonds. The lowest BCUT2D eigenvalue weighted by atomic mass is 10.3. The van der Waals surface area contributed by atoms with E-state index in [4.69, 9.17) is 15.2 Å². The molecule has 0 bridgehead atoms. The summed E-state index contributed by atoms with van der Waals surface area (Å²) in [6, 6.07) is 5.50. The summed E-state index contributed by atoms with van der Waals surface area (Å²) >= 11 is 1.37. The number of anilines is 1. The van der Waals surface area contributed by atoms with Crippen LogP contribution >= 0.6 is 11.8 Å². The number of allylic oxidation sites excluding steroid dienone is 2. The summed E-state index contributed by atoms with van der Waals surface area (Å²) in [5.41, 5.74) is 7.83. The molecular weight excluding hydrogens is 381 g/mol. The van der Waals surface area contributed by atoms with Crippen LogP contribution in [0.1, 0.15) is 20.3 Å². The second-order valence-corrected chi connectivity index (χ2v) is 7.29. The zero-order valence-electron chi connectivity index (χ0n) is 16.2. The van der Waals surface area contributed by atoms with Gasteiger partial charge in [0.15, 0.2) is 22.1 Å². The molecule has 0 saturated heterocycles. The van der Waals surface area contributed by atoms with Crippen LogP contribution in [0.2, 0.25) is 0 Å². The molecule has 2 N–H and O–H groups in total. The van der Waals surface area contributed by atoms with Crippen LogP contribution in [0.3, 0.4) is 0 Å². The van der Waals surface area contributed by atoms with Crippen LogP contribution < -0.4 is 15.2 Å². The number of hydrogen-bond acceptors (Lipinski definition) is 7. The largest absolute Gasteiger partial charge is 0.497 e. The Hall–Kier alpha value is -2.81. The fraction of sp³-hybridized carbons (Fsp3) is 0.316. The molecule has 0 saturated carbocycles. The van der Waals surface area contributed by atoms with E-state index in [9.17, 15) is 4.39 Å². The number of ether oxygens (including phenoxy) is 2. The van der Waals surface area contributed by atoms with Crippen molar-refractivity contribution < 1.29 is 13.9 Å². The highest BCUT2D eigenvalue weighted by atomic mass is 32.2. The lowest BCUT2D eigenvalue weighted by Crippen LogP contribution is -2.03. The first-order chi connectivity index (χ1) is 13.4. The normalized spacial score (nSPS) is 10.9. The molecule has 0 aliphatic carbocycles. The topological polar surface area (TPSA) is 88.1 Å². The SMILES string of the molecule is COc1ccc(OC)c(Sc2nc3c(N)nc(F)nc3n2CCC=C(C)C)c1. The molecule has 7 nitrogen and oxygen atoms in total. The monoisotopic (exact) mass is 403 g/mol. The van der Waals surface area contributed by atoms with Crippen molar-refractivity contribution in [2.45, 2.75) is 36.9 Å². The zero-order chi connectivity index (χ0) is 20.3. The predicted octanol–water partition coefficient (Wildman–Crippen LogP) is 4.07. The van der Waals surface area contributed by atoms with Gasteiger partial charge in [0, 0.05) is 6.54 Å². The first kappa shape index (κ1) is 19.9. The molecule has 0 spiro atoms. The van der Waals surface area contributed by atoms with Gasteiger partial charge in [0.1, 0.15) is 11.5 Å². The van der Waals surface area contributed by atoms with Crippen molar-refractivity contribution in [1.29, 1.82) is 0 Å². The second-order valence-electron chi connectivity index (χ2n) is 6.29. The van der Waals surface area contributed by atoms with Gasteiger partial charge in [-0.05, 0) is 50.2 Å². The van der Waals surface area contributed by atoms with Crippen molar-refractivity contribution in [2.24, 2.45) is 0 Å². The highest BCUT2D eigenvalue weighted by Crippen LogP contribution is 2.38. The molecule has 0 atom stereocenters. The van der Waals surface area contributed by atoms with Crippen LogP contribution in [0.15, 0.2) is 39.9 Å². The number of nitrogen functional groups attached to an aromatic ring is 1. The maximum Gasteiger partial charge on any atom is 0.312 e. The fourth-order valence-corrected chi connectivity index (χ4v) is 3.75. The fourth-order valence-electron chi connectivity index (χ4n) is 2.70. The van der Waals surface area contributed by atoms with Gasteiger partial charge in [-0.1, -0.05) is 11.6 Å². The third-order valence-electron chi connectivity index (χ3n) is 4.04. The van der Waals surface area contributed by atoms with Crippen LogP contribution in [0.25, 0.3) is 11.2 Å². The third kappa shape index (κ3) is 4.19. The van der Waals surface area contributed by atoms with Crippen LogP contribution in [-0.4, -0.2) is 33.7 Å². The molecule has 3 aromatic rings. The quantitative estimate of drug-likeness (QED) is 0.470. The number of fused-ring (bicyclic) bond motifs is 1. The molecule has 9 heteroatoms. The smallest absolute Gasteiger partial charge is 0.312 e. The Morgan fingerprint density at radius 2 is 2.00 bits per heavy atom. The molecule has 2 heterocycles. The van der Waals surface area contributed by atoms with E-state index in [0.29, 0.717) is 34.4 Å². The summed E-state index contributed by atoms with van der Waals surface area (Å²) in [4.78, 5) is 12.9. The maximum absolute atomic E-state index is 13.8. The first-order valence-electron chi connectivity index (χ1n) is 8.65. The van der Waals surface area contributed by atoms with Crippen LogP contribution in [-0.2, 0) is 6.54 Å². The molecule has 148 valence electrons. The minimum absolute atomic E-state index is 0.0166. The molecule has 0 aliphatic heterocycles. The Labute approximate surface area is 166 Å². The Kier molecular flexibility index (Phi) is 6.03. The van der Waals surface area contributed by atoms with E-state index in [2.05, 4.69) is 21.0 Å². The van der Waals surface area contributed by atoms with Crippen molar-refractivity contribution in [2.75, 3.05) is 20.0 Å². The van der Waals surface area contributed by atoms with Gasteiger partial charge in [-0.3, -0.25) is 0 Å². The molecule has 0 fully saturated rings. The minimum Gasteiger partial charge on any atom is -0.497 e. The van der Waals surface area contributed by atoms with E-state index in [-0.39, 0.29) is 5.82 Å². The highest BCUT2D eigenvalue weighted by Gasteiger charge is 2.19.